The molecular weight excluding hydrogens is 282 g/mol. The third kappa shape index (κ3) is 3.00. The lowest BCUT2D eigenvalue weighted by Crippen LogP contribution is -2.41. The summed E-state index contributed by atoms with van der Waals surface area (Å²) < 4.78 is 0. The van der Waals surface area contributed by atoms with E-state index in [0.29, 0.717) is 6.04 Å². The van der Waals surface area contributed by atoms with Crippen LogP contribution in [0.15, 0.2) is 17.5 Å². The molecule has 0 spiro atoms. The largest absolute Gasteiger partial charge is 0.319 e. The minimum atomic E-state index is -0.00573. The van der Waals surface area contributed by atoms with Crippen molar-refractivity contribution in [2.24, 2.45) is 0 Å². The fraction of sp³-hybridized carbons (Fsp3) is 0.688. The lowest BCUT2D eigenvalue weighted by Gasteiger charge is -2.29. The number of nitrogens with zero attached hydrogens (tertiary/aromatic N) is 2. The zero-order valence-corrected chi connectivity index (χ0v) is 13.7. The minimum Gasteiger partial charge on any atom is -0.319 e. The molecule has 3 rings (SSSR count). The fourth-order valence-corrected chi connectivity index (χ4v) is 4.29. The van der Waals surface area contributed by atoms with Gasteiger partial charge >= 0.3 is 0 Å². The van der Waals surface area contributed by atoms with Crippen LogP contribution in [0.3, 0.4) is 0 Å². The summed E-state index contributed by atoms with van der Waals surface area (Å²) in [6.45, 7) is 4.15. The Bertz CT molecular complexity index is 476. The second kappa shape index (κ2) is 6.46. The predicted molar refractivity (Wildman–Crippen MR) is 86.3 cm³/mol. The Balaban J connectivity index is 1.77. The Morgan fingerprint density at radius 2 is 2.33 bits per heavy atom. The van der Waals surface area contributed by atoms with Gasteiger partial charge in [0.1, 0.15) is 6.17 Å². The maximum Gasteiger partial charge on any atom is 0.241 e. The van der Waals surface area contributed by atoms with Crippen molar-refractivity contribution in [2.45, 2.75) is 50.9 Å². The van der Waals surface area contributed by atoms with Crippen molar-refractivity contribution in [3.8, 4) is 0 Å². The molecule has 2 aliphatic rings. The van der Waals surface area contributed by atoms with Gasteiger partial charge in [0.15, 0.2) is 0 Å². The summed E-state index contributed by atoms with van der Waals surface area (Å²) in [6.07, 6.45) is 4.49. The Morgan fingerprint density at radius 1 is 1.48 bits per heavy atom. The monoisotopic (exact) mass is 307 g/mol. The highest BCUT2D eigenvalue weighted by atomic mass is 32.1. The molecule has 5 heteroatoms. The molecule has 0 bridgehead atoms. The standard InChI is InChI=1S/C16H25N3OS/c1-3-6-13-16(20)19(11-12-7-4-9-18(12)2)15(17-13)14-8-5-10-21-14/h5,8,10,12-13,15,17H,3-4,6-7,9,11H2,1-2H3. The van der Waals surface area contributed by atoms with Gasteiger partial charge in [-0.3, -0.25) is 10.1 Å². The second-order valence-electron chi connectivity index (χ2n) is 6.19. The number of thiophene rings is 1. The molecule has 3 heterocycles. The van der Waals surface area contributed by atoms with Crippen molar-refractivity contribution in [1.82, 2.24) is 15.1 Å². The maximum absolute atomic E-state index is 12.7. The van der Waals surface area contributed by atoms with Crippen molar-refractivity contribution in [3.05, 3.63) is 22.4 Å². The van der Waals surface area contributed by atoms with Crippen molar-refractivity contribution >= 4 is 17.2 Å². The number of rotatable bonds is 5. The molecule has 21 heavy (non-hydrogen) atoms. The van der Waals surface area contributed by atoms with E-state index in [4.69, 9.17) is 0 Å². The Kier molecular flexibility index (Phi) is 4.62. The zero-order chi connectivity index (χ0) is 14.8. The van der Waals surface area contributed by atoms with Gasteiger partial charge in [0.05, 0.1) is 6.04 Å². The summed E-state index contributed by atoms with van der Waals surface area (Å²) in [7, 11) is 2.18. The number of likely N-dealkylation sites (tertiary alicyclic amines) is 1. The number of amides is 1. The van der Waals surface area contributed by atoms with Gasteiger partial charge in [0.25, 0.3) is 0 Å². The van der Waals surface area contributed by atoms with E-state index in [1.165, 1.54) is 17.7 Å². The number of likely N-dealkylation sites (N-methyl/N-ethyl adjacent to an activating group) is 1. The molecule has 1 amide bonds. The Morgan fingerprint density at radius 3 is 2.95 bits per heavy atom. The fourth-order valence-electron chi connectivity index (χ4n) is 3.49. The van der Waals surface area contributed by atoms with Gasteiger partial charge < -0.3 is 9.80 Å². The third-order valence-corrected chi connectivity index (χ3v) is 5.65. The van der Waals surface area contributed by atoms with E-state index in [1.54, 1.807) is 11.3 Å². The van der Waals surface area contributed by atoms with Gasteiger partial charge in [-0.15, -0.1) is 11.3 Å². The molecule has 1 aromatic rings. The molecule has 1 aromatic heterocycles. The molecule has 3 atom stereocenters. The van der Waals surface area contributed by atoms with E-state index in [-0.39, 0.29) is 18.1 Å². The summed E-state index contributed by atoms with van der Waals surface area (Å²) >= 11 is 1.73. The summed E-state index contributed by atoms with van der Waals surface area (Å²) in [5.41, 5.74) is 0. The van der Waals surface area contributed by atoms with Crippen molar-refractivity contribution in [3.63, 3.8) is 0 Å². The predicted octanol–water partition coefficient (Wildman–Crippen LogP) is 2.44. The highest BCUT2D eigenvalue weighted by Gasteiger charge is 2.41. The minimum absolute atomic E-state index is 0.00573. The Labute approximate surface area is 131 Å². The van der Waals surface area contributed by atoms with Crippen molar-refractivity contribution in [2.75, 3.05) is 20.1 Å². The first-order chi connectivity index (χ1) is 10.2. The van der Waals surface area contributed by atoms with Crippen LogP contribution in [0, 0.1) is 0 Å². The van der Waals surface area contributed by atoms with Gasteiger partial charge in [-0.05, 0) is 44.3 Å². The number of carbonyl (C=O) groups is 1. The zero-order valence-electron chi connectivity index (χ0n) is 12.9. The van der Waals surface area contributed by atoms with E-state index in [0.717, 1.165) is 25.9 Å². The van der Waals surface area contributed by atoms with Crippen molar-refractivity contribution in [1.29, 1.82) is 0 Å². The Hall–Kier alpha value is -0.910. The normalized spacial score (nSPS) is 30.5. The topological polar surface area (TPSA) is 35.6 Å². The van der Waals surface area contributed by atoms with Gasteiger partial charge in [-0.25, -0.2) is 0 Å². The first-order valence-corrected chi connectivity index (χ1v) is 8.89. The van der Waals surface area contributed by atoms with Crippen LogP contribution >= 0.6 is 11.3 Å². The summed E-state index contributed by atoms with van der Waals surface area (Å²) in [5.74, 6) is 0.288. The summed E-state index contributed by atoms with van der Waals surface area (Å²) in [5, 5.41) is 5.64. The molecule has 3 unspecified atom stereocenters. The van der Waals surface area contributed by atoms with E-state index in [2.05, 4.69) is 46.6 Å². The van der Waals surface area contributed by atoms with E-state index < -0.39 is 0 Å². The average Bonchev–Trinajstić information content (AvgIpc) is 3.17. The van der Waals surface area contributed by atoms with Gasteiger partial charge in [0.2, 0.25) is 5.91 Å². The molecule has 0 aliphatic carbocycles. The van der Waals surface area contributed by atoms with Crippen molar-refractivity contribution < 1.29 is 4.79 Å². The molecular formula is C16H25N3OS. The van der Waals surface area contributed by atoms with E-state index >= 15 is 0 Å². The highest BCUT2D eigenvalue weighted by Crippen LogP contribution is 2.31. The number of nitrogens with one attached hydrogen (secondary N) is 1. The summed E-state index contributed by atoms with van der Waals surface area (Å²) in [4.78, 5) is 18.5. The van der Waals surface area contributed by atoms with Gasteiger partial charge in [-0.2, -0.15) is 0 Å². The molecule has 0 aromatic carbocycles. The lowest BCUT2D eigenvalue weighted by atomic mass is 10.1. The number of hydrogen-bond donors (Lipinski definition) is 1. The van der Waals surface area contributed by atoms with Crippen LogP contribution in [0.4, 0.5) is 0 Å². The second-order valence-corrected chi connectivity index (χ2v) is 7.17. The molecule has 116 valence electrons. The van der Waals surface area contributed by atoms with Crippen LogP contribution in [0.5, 0.6) is 0 Å². The molecule has 2 fully saturated rings. The first-order valence-electron chi connectivity index (χ1n) is 8.01. The molecule has 2 aliphatic heterocycles. The molecule has 0 saturated carbocycles. The molecule has 0 radical (unpaired) electrons. The van der Waals surface area contributed by atoms with Crippen LogP contribution in [-0.4, -0.2) is 47.9 Å². The number of carbonyl (C=O) groups excluding carboxylic acids is 1. The van der Waals surface area contributed by atoms with E-state index in [1.807, 2.05) is 0 Å². The number of hydrogen-bond acceptors (Lipinski definition) is 4. The van der Waals surface area contributed by atoms with Crippen LogP contribution in [0.1, 0.15) is 43.6 Å². The smallest absolute Gasteiger partial charge is 0.241 e. The van der Waals surface area contributed by atoms with Gasteiger partial charge in [0, 0.05) is 17.5 Å². The quantitative estimate of drug-likeness (QED) is 0.907. The third-order valence-electron chi connectivity index (χ3n) is 4.72. The lowest BCUT2D eigenvalue weighted by molar-refractivity contribution is -0.130. The molecule has 1 N–H and O–H groups in total. The highest BCUT2D eigenvalue weighted by molar-refractivity contribution is 7.10. The molecule has 2 saturated heterocycles. The maximum atomic E-state index is 12.7. The summed E-state index contributed by atoms with van der Waals surface area (Å²) in [6, 6.07) is 4.71. The first kappa shape index (κ1) is 15.0. The van der Waals surface area contributed by atoms with Crippen LogP contribution in [-0.2, 0) is 4.79 Å². The van der Waals surface area contributed by atoms with E-state index in [9.17, 15) is 4.79 Å². The van der Waals surface area contributed by atoms with Gasteiger partial charge in [-0.1, -0.05) is 19.4 Å². The average molecular weight is 307 g/mol. The SMILES string of the molecule is CCCC1NC(c2cccs2)N(CC2CCCN2C)C1=O. The van der Waals surface area contributed by atoms with Crippen LogP contribution < -0.4 is 5.32 Å². The van der Waals surface area contributed by atoms with Crippen LogP contribution in [0.2, 0.25) is 0 Å². The molecule has 4 nitrogen and oxygen atoms in total. The van der Waals surface area contributed by atoms with Crippen LogP contribution in [0.25, 0.3) is 0 Å².